The number of amides is 1. The summed E-state index contributed by atoms with van der Waals surface area (Å²) in [5.74, 6) is -0.176. The lowest BCUT2D eigenvalue weighted by molar-refractivity contribution is -0.116. The fourth-order valence-electron chi connectivity index (χ4n) is 3.52. The van der Waals surface area contributed by atoms with Crippen LogP contribution in [0.4, 0.5) is 9.39 Å². The van der Waals surface area contributed by atoms with Crippen LogP contribution in [0.3, 0.4) is 0 Å². The first-order valence-electron chi connectivity index (χ1n) is 9.78. The molecular formula is C21H24FN3O3S2. The summed E-state index contributed by atoms with van der Waals surface area (Å²) in [4.78, 5) is 13.6. The molecular weight excluding hydrogens is 425 g/mol. The number of fused-ring (bicyclic) bond motifs is 1. The number of rotatable bonds is 7. The van der Waals surface area contributed by atoms with Crippen molar-refractivity contribution < 1.29 is 17.6 Å². The van der Waals surface area contributed by atoms with Crippen LogP contribution in [-0.2, 0) is 27.7 Å². The highest BCUT2D eigenvalue weighted by Crippen LogP contribution is 2.39. The van der Waals surface area contributed by atoms with Crippen LogP contribution in [0.5, 0.6) is 0 Å². The number of thiophene rings is 1. The molecule has 0 unspecified atom stereocenters. The van der Waals surface area contributed by atoms with Crippen LogP contribution >= 0.6 is 11.3 Å². The molecule has 30 heavy (non-hydrogen) atoms. The largest absolute Gasteiger partial charge is 0.317 e. The molecule has 6 nitrogen and oxygen atoms in total. The van der Waals surface area contributed by atoms with Crippen LogP contribution in [0.1, 0.15) is 42.2 Å². The van der Waals surface area contributed by atoms with Gasteiger partial charge in [0.05, 0.1) is 10.5 Å². The molecule has 1 N–H and O–H groups in total. The first-order valence-corrected chi connectivity index (χ1v) is 12.0. The minimum Gasteiger partial charge on any atom is -0.317 e. The molecule has 3 rings (SSSR count). The van der Waals surface area contributed by atoms with Gasteiger partial charge in [0.2, 0.25) is 15.9 Å². The number of halogens is 1. The normalized spacial score (nSPS) is 16.2. The molecule has 0 saturated heterocycles. The van der Waals surface area contributed by atoms with E-state index in [2.05, 4.69) is 18.3 Å². The van der Waals surface area contributed by atoms with Gasteiger partial charge in [-0.1, -0.05) is 6.92 Å². The molecule has 1 amide bonds. The van der Waals surface area contributed by atoms with Gasteiger partial charge in [0.1, 0.15) is 16.9 Å². The molecule has 1 aliphatic carbocycles. The van der Waals surface area contributed by atoms with Crippen molar-refractivity contribution in [2.45, 2.75) is 43.9 Å². The van der Waals surface area contributed by atoms with Crippen molar-refractivity contribution in [2.24, 2.45) is 5.92 Å². The van der Waals surface area contributed by atoms with Crippen molar-refractivity contribution in [1.29, 1.82) is 5.26 Å². The van der Waals surface area contributed by atoms with Crippen LogP contribution < -0.4 is 5.32 Å². The fourth-order valence-corrected chi connectivity index (χ4v) is 6.10. The van der Waals surface area contributed by atoms with E-state index in [1.54, 1.807) is 0 Å². The topological polar surface area (TPSA) is 90.3 Å². The zero-order chi connectivity index (χ0) is 21.9. The van der Waals surface area contributed by atoms with Gasteiger partial charge in [-0.15, -0.1) is 11.3 Å². The minimum atomic E-state index is -3.74. The van der Waals surface area contributed by atoms with Crippen molar-refractivity contribution >= 4 is 32.3 Å². The van der Waals surface area contributed by atoms with Crippen molar-refractivity contribution in [3.8, 4) is 6.07 Å². The number of carbonyl (C=O) groups is 1. The van der Waals surface area contributed by atoms with Gasteiger partial charge in [-0.25, -0.2) is 17.1 Å². The SMILES string of the molecule is C[C@@H]1CCc2c(sc(NC(=O)CCCN(C)S(=O)(=O)c3ccc(F)cc3)c2C#N)C1. The first-order chi connectivity index (χ1) is 14.2. The van der Waals surface area contributed by atoms with Crippen LogP contribution in [0.25, 0.3) is 0 Å². The zero-order valence-electron chi connectivity index (χ0n) is 16.9. The molecule has 1 aromatic carbocycles. The van der Waals surface area contributed by atoms with E-state index < -0.39 is 15.8 Å². The summed E-state index contributed by atoms with van der Waals surface area (Å²) in [6, 6.07) is 6.86. The second kappa shape index (κ2) is 9.25. The predicted molar refractivity (Wildman–Crippen MR) is 114 cm³/mol. The highest BCUT2D eigenvalue weighted by molar-refractivity contribution is 7.89. The monoisotopic (exact) mass is 449 g/mol. The summed E-state index contributed by atoms with van der Waals surface area (Å²) in [7, 11) is -2.31. The van der Waals surface area contributed by atoms with E-state index in [9.17, 15) is 22.9 Å². The number of anilines is 1. The Balaban J connectivity index is 1.57. The average molecular weight is 450 g/mol. The van der Waals surface area contributed by atoms with Gasteiger partial charge in [0, 0.05) is 24.9 Å². The van der Waals surface area contributed by atoms with E-state index in [0.717, 1.165) is 41.3 Å². The number of nitriles is 1. The summed E-state index contributed by atoms with van der Waals surface area (Å²) >= 11 is 1.47. The van der Waals surface area contributed by atoms with E-state index in [4.69, 9.17) is 0 Å². The Morgan fingerprint density at radius 2 is 2.07 bits per heavy atom. The Hall–Kier alpha value is -2.28. The van der Waals surface area contributed by atoms with Crippen molar-refractivity contribution in [3.63, 3.8) is 0 Å². The molecule has 0 saturated carbocycles. The molecule has 1 atom stereocenters. The van der Waals surface area contributed by atoms with Gasteiger partial charge in [0.25, 0.3) is 0 Å². The zero-order valence-corrected chi connectivity index (χ0v) is 18.6. The molecule has 9 heteroatoms. The molecule has 0 bridgehead atoms. The summed E-state index contributed by atoms with van der Waals surface area (Å²) in [6.07, 6.45) is 3.29. The maximum Gasteiger partial charge on any atom is 0.242 e. The highest BCUT2D eigenvalue weighted by atomic mass is 32.2. The van der Waals surface area contributed by atoms with Gasteiger partial charge in [-0.05, 0) is 61.4 Å². The number of benzene rings is 1. The summed E-state index contributed by atoms with van der Waals surface area (Å²) in [5.41, 5.74) is 1.62. The Morgan fingerprint density at radius 3 is 2.73 bits per heavy atom. The third-order valence-electron chi connectivity index (χ3n) is 5.28. The predicted octanol–water partition coefficient (Wildman–Crippen LogP) is 3.92. The smallest absolute Gasteiger partial charge is 0.242 e. The van der Waals surface area contributed by atoms with Crippen molar-refractivity contribution in [1.82, 2.24) is 4.31 Å². The lowest BCUT2D eigenvalue weighted by atomic mass is 9.88. The molecule has 160 valence electrons. The van der Waals surface area contributed by atoms with E-state index in [1.165, 1.54) is 35.4 Å². The third-order valence-corrected chi connectivity index (χ3v) is 8.32. The molecule has 0 radical (unpaired) electrons. The molecule has 0 aliphatic heterocycles. The van der Waals surface area contributed by atoms with Gasteiger partial charge in [-0.3, -0.25) is 4.79 Å². The number of carbonyl (C=O) groups excluding carboxylic acids is 1. The number of sulfonamides is 1. The maximum atomic E-state index is 13.0. The number of nitrogens with zero attached hydrogens (tertiary/aromatic N) is 2. The maximum absolute atomic E-state index is 13.0. The van der Waals surface area contributed by atoms with E-state index in [-0.39, 0.29) is 23.8 Å². The minimum absolute atomic E-state index is 0.00732. The summed E-state index contributed by atoms with van der Waals surface area (Å²) < 4.78 is 39.2. The second-order valence-corrected chi connectivity index (χ2v) is 10.7. The van der Waals surface area contributed by atoms with Gasteiger partial charge in [0.15, 0.2) is 0 Å². The Morgan fingerprint density at radius 1 is 1.37 bits per heavy atom. The van der Waals surface area contributed by atoms with Gasteiger partial charge in [-0.2, -0.15) is 5.26 Å². The quantitative estimate of drug-likeness (QED) is 0.694. The Bertz CT molecular complexity index is 1070. The standard InChI is InChI=1S/C21H24FN3O3S2/c1-14-5-10-17-18(13-23)21(29-19(17)12-14)24-20(26)4-3-11-25(2)30(27,28)16-8-6-15(22)7-9-16/h6-9,14H,3-5,10-12H2,1-2H3,(H,24,26)/t14-/m1/s1. The third kappa shape index (κ3) is 4.89. The first kappa shape index (κ1) is 22.4. The fraction of sp³-hybridized carbons (Fsp3) is 0.429. The molecule has 1 aromatic heterocycles. The summed E-state index contributed by atoms with van der Waals surface area (Å²) in [5, 5.41) is 12.9. The second-order valence-electron chi connectivity index (χ2n) is 7.60. The van der Waals surface area contributed by atoms with E-state index >= 15 is 0 Å². The van der Waals surface area contributed by atoms with Gasteiger partial charge < -0.3 is 5.32 Å². The molecule has 0 fully saturated rings. The number of nitrogens with one attached hydrogen (secondary N) is 1. The van der Waals surface area contributed by atoms with Crippen LogP contribution in [0.15, 0.2) is 29.2 Å². The Labute approximate surface area is 180 Å². The van der Waals surface area contributed by atoms with Crippen LogP contribution in [-0.4, -0.2) is 32.2 Å². The lowest BCUT2D eigenvalue weighted by Crippen LogP contribution is -2.28. The summed E-state index contributed by atoms with van der Waals surface area (Å²) in [6.45, 7) is 2.33. The number of hydrogen-bond acceptors (Lipinski definition) is 5. The van der Waals surface area contributed by atoms with Crippen LogP contribution in [0, 0.1) is 23.1 Å². The lowest BCUT2D eigenvalue weighted by Gasteiger charge is -2.17. The highest BCUT2D eigenvalue weighted by Gasteiger charge is 2.25. The Kier molecular flexibility index (Phi) is 6.91. The molecule has 2 aromatic rings. The molecule has 0 spiro atoms. The van der Waals surface area contributed by atoms with E-state index in [1.807, 2.05) is 0 Å². The van der Waals surface area contributed by atoms with Gasteiger partial charge >= 0.3 is 0 Å². The van der Waals surface area contributed by atoms with E-state index in [0.29, 0.717) is 22.9 Å². The van der Waals surface area contributed by atoms with Crippen molar-refractivity contribution in [2.75, 3.05) is 18.9 Å². The number of hydrogen-bond donors (Lipinski definition) is 1. The molecule has 1 aliphatic rings. The molecule has 1 heterocycles. The van der Waals surface area contributed by atoms with Crippen molar-refractivity contribution in [3.05, 3.63) is 46.1 Å². The average Bonchev–Trinajstić information content (AvgIpc) is 3.03. The van der Waals surface area contributed by atoms with Crippen LogP contribution in [0.2, 0.25) is 0 Å².